The summed E-state index contributed by atoms with van der Waals surface area (Å²) in [6.07, 6.45) is 0. The van der Waals surface area contributed by atoms with Crippen LogP contribution in [0.25, 0.3) is 16.9 Å². The maximum absolute atomic E-state index is 14.2. The number of imidazole rings is 1. The molecule has 3 rings (SSSR count). The minimum Gasteiger partial charge on any atom is -0.369 e. The van der Waals surface area contributed by atoms with Crippen LogP contribution < -0.4 is 5.73 Å². The van der Waals surface area contributed by atoms with E-state index in [0.717, 1.165) is 12.1 Å². The van der Waals surface area contributed by atoms with E-state index in [2.05, 4.69) is 26.0 Å². The van der Waals surface area contributed by atoms with Gasteiger partial charge in [-0.1, -0.05) is 0 Å². The molecule has 2 aromatic heterocycles. The van der Waals surface area contributed by atoms with Gasteiger partial charge >= 0.3 is 0 Å². The molecule has 21 heavy (non-hydrogen) atoms. The van der Waals surface area contributed by atoms with Crippen LogP contribution in [0.1, 0.15) is 12.6 Å². The molecule has 0 fully saturated rings. The molecule has 0 aliphatic heterocycles. The van der Waals surface area contributed by atoms with E-state index >= 15 is 0 Å². The van der Waals surface area contributed by atoms with Crippen molar-refractivity contribution >= 4 is 33.0 Å². The molecule has 110 valence electrons. The molecule has 0 saturated heterocycles. The van der Waals surface area contributed by atoms with Crippen molar-refractivity contribution in [2.24, 2.45) is 0 Å². The number of halogens is 3. The van der Waals surface area contributed by atoms with E-state index in [9.17, 15) is 8.78 Å². The molecule has 8 heteroatoms. The number of hydrogen-bond donors (Lipinski definition) is 1. The van der Waals surface area contributed by atoms with Gasteiger partial charge in [0.1, 0.15) is 17.2 Å². The summed E-state index contributed by atoms with van der Waals surface area (Å²) in [7, 11) is 0. The number of nitrogens with zero attached hydrogens (tertiary/aromatic N) is 4. The van der Waals surface area contributed by atoms with Crippen molar-refractivity contribution in [1.82, 2.24) is 19.3 Å². The number of aryl methyl sites for hydroxylation is 2. The molecule has 5 nitrogen and oxygen atoms in total. The van der Waals surface area contributed by atoms with Crippen LogP contribution >= 0.6 is 15.9 Å². The first-order chi connectivity index (χ1) is 9.93. The van der Waals surface area contributed by atoms with Crippen LogP contribution in [0.15, 0.2) is 16.6 Å². The quantitative estimate of drug-likeness (QED) is 0.718. The normalized spacial score (nSPS) is 11.5. The van der Waals surface area contributed by atoms with Gasteiger partial charge in [0.05, 0.1) is 15.9 Å². The van der Waals surface area contributed by atoms with Gasteiger partial charge in [-0.25, -0.2) is 18.4 Å². The number of nitrogens with two attached hydrogens (primary N) is 1. The minimum absolute atomic E-state index is 0.00491. The van der Waals surface area contributed by atoms with E-state index in [0.29, 0.717) is 23.4 Å². The third-order valence-corrected chi connectivity index (χ3v) is 3.87. The lowest BCUT2D eigenvalue weighted by atomic mass is 10.3. The molecule has 2 heterocycles. The molecular weight excluding hydrogens is 344 g/mol. The van der Waals surface area contributed by atoms with Crippen molar-refractivity contribution in [3.8, 4) is 5.69 Å². The van der Waals surface area contributed by atoms with Crippen molar-refractivity contribution < 1.29 is 8.78 Å². The molecule has 3 aromatic rings. The van der Waals surface area contributed by atoms with E-state index in [1.807, 2.05) is 6.92 Å². The molecule has 0 unspecified atom stereocenters. The number of nitrogen functional groups attached to an aromatic ring is 1. The summed E-state index contributed by atoms with van der Waals surface area (Å²) < 4.78 is 31.1. The van der Waals surface area contributed by atoms with Crippen molar-refractivity contribution in [3.63, 3.8) is 0 Å². The fourth-order valence-corrected chi connectivity index (χ4v) is 2.64. The van der Waals surface area contributed by atoms with E-state index in [1.54, 1.807) is 11.6 Å². The second kappa shape index (κ2) is 4.80. The highest BCUT2D eigenvalue weighted by atomic mass is 79.9. The third-order valence-electron chi connectivity index (χ3n) is 3.27. The third kappa shape index (κ3) is 2.01. The Hall–Kier alpha value is -1.96. The zero-order valence-electron chi connectivity index (χ0n) is 11.4. The number of fused-ring (bicyclic) bond motifs is 1. The topological polar surface area (TPSA) is 61.7 Å². The maximum atomic E-state index is 14.2. The van der Waals surface area contributed by atoms with Gasteiger partial charge in [0.2, 0.25) is 5.95 Å². The highest BCUT2D eigenvalue weighted by Crippen LogP contribution is 2.29. The zero-order chi connectivity index (χ0) is 15.3. The molecule has 0 spiro atoms. The predicted molar refractivity (Wildman–Crippen MR) is 79.3 cm³/mol. The van der Waals surface area contributed by atoms with E-state index in [-0.39, 0.29) is 16.1 Å². The number of anilines is 1. The van der Waals surface area contributed by atoms with E-state index in [4.69, 9.17) is 5.73 Å². The van der Waals surface area contributed by atoms with Crippen LogP contribution in [-0.2, 0) is 6.54 Å². The van der Waals surface area contributed by atoms with Crippen LogP contribution in [0.2, 0.25) is 0 Å². The van der Waals surface area contributed by atoms with E-state index in [1.165, 1.54) is 4.57 Å². The largest absolute Gasteiger partial charge is 0.369 e. The summed E-state index contributed by atoms with van der Waals surface area (Å²) in [5.41, 5.74) is 7.71. The Morgan fingerprint density at radius 3 is 2.67 bits per heavy atom. The fourth-order valence-electron chi connectivity index (χ4n) is 2.33. The Kier molecular flexibility index (Phi) is 3.20. The average molecular weight is 356 g/mol. The Labute approximate surface area is 127 Å². The summed E-state index contributed by atoms with van der Waals surface area (Å²) in [6, 6.07) is 2.15. The van der Waals surface area contributed by atoms with Crippen molar-refractivity contribution in [1.29, 1.82) is 0 Å². The van der Waals surface area contributed by atoms with Gasteiger partial charge in [0.25, 0.3) is 0 Å². The highest BCUT2D eigenvalue weighted by molar-refractivity contribution is 9.10. The van der Waals surface area contributed by atoms with Crippen LogP contribution in [0, 0.1) is 18.6 Å². The standard InChI is InChI=1S/C13H12BrF2N5/c1-3-20-12-11(6(2)19-20)18-13(17)21(12)10-5-8(15)7(14)4-9(10)16/h4-5H,3H2,1-2H3,(H2,17,18). The number of hydrogen-bond acceptors (Lipinski definition) is 3. The van der Waals surface area contributed by atoms with Gasteiger partial charge in [0, 0.05) is 12.6 Å². The molecule has 2 N–H and O–H groups in total. The monoisotopic (exact) mass is 355 g/mol. The van der Waals surface area contributed by atoms with Crippen LogP contribution in [0.4, 0.5) is 14.7 Å². The molecule has 1 aromatic carbocycles. The molecule has 0 bridgehead atoms. The van der Waals surface area contributed by atoms with Gasteiger partial charge in [0.15, 0.2) is 5.65 Å². The zero-order valence-corrected chi connectivity index (χ0v) is 12.9. The van der Waals surface area contributed by atoms with Crippen LogP contribution in [0.5, 0.6) is 0 Å². The molecule has 0 atom stereocenters. The van der Waals surface area contributed by atoms with Crippen molar-refractivity contribution in [3.05, 3.63) is 33.9 Å². The first-order valence-corrected chi connectivity index (χ1v) is 7.09. The fraction of sp³-hybridized carbons (Fsp3) is 0.231. The second-order valence-electron chi connectivity index (χ2n) is 4.60. The summed E-state index contributed by atoms with van der Waals surface area (Å²) in [4.78, 5) is 4.21. The highest BCUT2D eigenvalue weighted by Gasteiger charge is 2.21. The summed E-state index contributed by atoms with van der Waals surface area (Å²) >= 11 is 2.96. The Morgan fingerprint density at radius 1 is 1.29 bits per heavy atom. The average Bonchev–Trinajstić information content (AvgIpc) is 2.91. The van der Waals surface area contributed by atoms with E-state index < -0.39 is 11.6 Å². The van der Waals surface area contributed by atoms with Gasteiger partial charge in [-0.3, -0.25) is 4.57 Å². The lowest BCUT2D eigenvalue weighted by molar-refractivity contribution is 0.586. The summed E-state index contributed by atoms with van der Waals surface area (Å²) in [5, 5.41) is 4.32. The second-order valence-corrected chi connectivity index (χ2v) is 5.45. The SMILES string of the molecule is CCn1nc(C)c2nc(N)n(-c3cc(F)c(Br)cc3F)c21. The smallest absolute Gasteiger partial charge is 0.207 e. The molecular formula is C13H12BrF2N5. The first kappa shape index (κ1) is 14.0. The van der Waals surface area contributed by atoms with Gasteiger partial charge < -0.3 is 5.73 Å². The summed E-state index contributed by atoms with van der Waals surface area (Å²) in [5.74, 6) is -1.09. The number of rotatable bonds is 2. The molecule has 0 amide bonds. The number of benzene rings is 1. The number of aromatic nitrogens is 4. The van der Waals surface area contributed by atoms with Gasteiger partial charge in [-0.05, 0) is 35.8 Å². The first-order valence-electron chi connectivity index (χ1n) is 6.30. The Morgan fingerprint density at radius 2 is 2.00 bits per heavy atom. The molecule has 0 aliphatic carbocycles. The Bertz CT molecular complexity index is 852. The molecule has 0 radical (unpaired) electrons. The van der Waals surface area contributed by atoms with Gasteiger partial charge in [-0.15, -0.1) is 0 Å². The predicted octanol–water partition coefficient (Wildman–Crippen LogP) is 3.17. The lowest BCUT2D eigenvalue weighted by Crippen LogP contribution is -2.08. The van der Waals surface area contributed by atoms with Crippen molar-refractivity contribution in [2.45, 2.75) is 20.4 Å². The molecule has 0 aliphatic rings. The maximum Gasteiger partial charge on any atom is 0.207 e. The van der Waals surface area contributed by atoms with Crippen LogP contribution in [-0.4, -0.2) is 19.3 Å². The van der Waals surface area contributed by atoms with Crippen LogP contribution in [0.3, 0.4) is 0 Å². The van der Waals surface area contributed by atoms with Gasteiger partial charge in [-0.2, -0.15) is 5.10 Å². The van der Waals surface area contributed by atoms with Crippen molar-refractivity contribution in [2.75, 3.05) is 5.73 Å². The Balaban J connectivity index is 2.40. The molecule has 0 saturated carbocycles. The minimum atomic E-state index is -0.601. The summed E-state index contributed by atoms with van der Waals surface area (Å²) in [6.45, 7) is 4.26. The lowest BCUT2D eigenvalue weighted by Gasteiger charge is -2.10.